The van der Waals surface area contributed by atoms with Crippen molar-refractivity contribution in [2.75, 3.05) is 31.1 Å². The molecule has 220 valence electrons. The van der Waals surface area contributed by atoms with Gasteiger partial charge in [0.25, 0.3) is 0 Å². The van der Waals surface area contributed by atoms with Gasteiger partial charge in [-0.05, 0) is 44.7 Å². The van der Waals surface area contributed by atoms with E-state index in [-0.39, 0.29) is 30.4 Å². The third-order valence-electron chi connectivity index (χ3n) is 9.98. The molecule has 3 fully saturated rings. The van der Waals surface area contributed by atoms with Gasteiger partial charge >= 0.3 is 0 Å². The molecule has 4 aliphatic heterocycles. The molecule has 1 spiro atoms. The van der Waals surface area contributed by atoms with Crippen molar-refractivity contribution in [2.45, 2.75) is 86.3 Å². The van der Waals surface area contributed by atoms with Crippen LogP contribution in [0.5, 0.6) is 0 Å². The lowest BCUT2D eigenvalue weighted by molar-refractivity contribution is -0.144. The van der Waals surface area contributed by atoms with Crippen LogP contribution in [-0.4, -0.2) is 80.4 Å². The molecule has 1 unspecified atom stereocenters. The van der Waals surface area contributed by atoms with E-state index in [0.717, 1.165) is 57.1 Å². The van der Waals surface area contributed by atoms with Crippen molar-refractivity contribution in [3.63, 3.8) is 0 Å². The summed E-state index contributed by atoms with van der Waals surface area (Å²) in [6, 6.07) is 9.29. The fourth-order valence-corrected chi connectivity index (χ4v) is 10.2. The van der Waals surface area contributed by atoms with Crippen molar-refractivity contribution in [2.24, 2.45) is 11.8 Å². The van der Waals surface area contributed by atoms with Crippen molar-refractivity contribution in [1.29, 1.82) is 0 Å². The molecule has 0 aromatic heterocycles. The van der Waals surface area contributed by atoms with Crippen LogP contribution in [0.4, 0.5) is 5.69 Å². The predicted molar refractivity (Wildman–Crippen MR) is 162 cm³/mol. The summed E-state index contributed by atoms with van der Waals surface area (Å²) < 4.78 is -1.39. The third kappa shape index (κ3) is 4.85. The molecule has 1 aliphatic carbocycles. The Morgan fingerprint density at radius 1 is 0.854 bits per heavy atom. The Kier molecular flexibility index (Phi) is 8.07. The van der Waals surface area contributed by atoms with E-state index in [9.17, 15) is 19.5 Å². The fourth-order valence-electron chi connectivity index (χ4n) is 8.09. The summed E-state index contributed by atoms with van der Waals surface area (Å²) in [5.74, 6) is -1.22. The Hall–Kier alpha value is -2.58. The molecule has 8 heteroatoms. The lowest BCUT2D eigenvalue weighted by atomic mass is 9.74. The first-order valence-electron chi connectivity index (χ1n) is 15.5. The molecule has 5 aliphatic rings. The maximum absolute atomic E-state index is 14.6. The van der Waals surface area contributed by atoms with Crippen molar-refractivity contribution in [3.05, 3.63) is 54.6 Å². The van der Waals surface area contributed by atoms with Crippen LogP contribution in [0.1, 0.15) is 64.7 Å². The number of nitrogens with zero attached hydrogens (tertiary/aromatic N) is 3. The first kappa shape index (κ1) is 28.5. The Balaban J connectivity index is 1.39. The quantitative estimate of drug-likeness (QED) is 0.362. The van der Waals surface area contributed by atoms with Gasteiger partial charge in [-0.15, -0.1) is 11.8 Å². The molecule has 1 aromatic carbocycles. The normalized spacial score (nSPS) is 33.6. The minimum absolute atomic E-state index is 0.0378. The highest BCUT2D eigenvalue weighted by Crippen LogP contribution is 2.65. The summed E-state index contributed by atoms with van der Waals surface area (Å²) in [6.07, 6.45) is 17.3. The summed E-state index contributed by atoms with van der Waals surface area (Å²) in [7, 11) is 0. The Morgan fingerprint density at radius 2 is 1.59 bits per heavy atom. The van der Waals surface area contributed by atoms with Crippen molar-refractivity contribution in [1.82, 2.24) is 9.80 Å². The number of likely N-dealkylation sites (tertiary alicyclic amines) is 1. The second-order valence-electron chi connectivity index (χ2n) is 12.5. The summed E-state index contributed by atoms with van der Waals surface area (Å²) in [5, 5.41) is 9.22. The van der Waals surface area contributed by atoms with Gasteiger partial charge in [-0.3, -0.25) is 14.4 Å². The van der Waals surface area contributed by atoms with E-state index in [4.69, 9.17) is 0 Å². The number of unbranched alkanes of at least 4 members (excludes halogenated alkanes) is 3. The van der Waals surface area contributed by atoms with Gasteiger partial charge < -0.3 is 19.8 Å². The molecule has 6 rings (SSSR count). The molecule has 0 bridgehead atoms. The van der Waals surface area contributed by atoms with Gasteiger partial charge in [0.2, 0.25) is 17.7 Å². The van der Waals surface area contributed by atoms with E-state index in [1.54, 1.807) is 11.8 Å². The number of carbonyl (C=O) groups is 3. The van der Waals surface area contributed by atoms with Crippen LogP contribution >= 0.6 is 11.8 Å². The highest BCUT2D eigenvalue weighted by molar-refractivity contribution is 8.02. The van der Waals surface area contributed by atoms with E-state index in [2.05, 4.69) is 36.1 Å². The average molecular weight is 578 g/mol. The third-order valence-corrected chi connectivity index (χ3v) is 11.8. The summed E-state index contributed by atoms with van der Waals surface area (Å²) in [4.78, 5) is 49.4. The summed E-state index contributed by atoms with van der Waals surface area (Å²) >= 11 is 1.67. The number of aliphatic hydroxyl groups is 1. The van der Waals surface area contributed by atoms with Gasteiger partial charge in [-0.1, -0.05) is 74.6 Å². The molecule has 7 nitrogen and oxygen atoms in total. The topological polar surface area (TPSA) is 81.2 Å². The number of carbonyl (C=O) groups excluding carboxylic acids is 3. The number of anilines is 1. The molecule has 1 N–H and O–H groups in total. The van der Waals surface area contributed by atoms with Gasteiger partial charge in [0, 0.05) is 42.7 Å². The summed E-state index contributed by atoms with van der Waals surface area (Å²) in [6.45, 7) is 3.78. The minimum atomic E-state index is -0.790. The van der Waals surface area contributed by atoms with Crippen LogP contribution in [-0.2, 0) is 14.4 Å². The lowest BCUT2D eigenvalue weighted by Gasteiger charge is -2.40. The van der Waals surface area contributed by atoms with Crippen molar-refractivity contribution >= 4 is 35.2 Å². The molecule has 1 aromatic rings. The van der Waals surface area contributed by atoms with Gasteiger partial charge in [0.15, 0.2) is 0 Å². The minimum Gasteiger partial charge on any atom is -0.396 e. The highest BCUT2D eigenvalue weighted by Gasteiger charge is 2.74. The zero-order chi connectivity index (χ0) is 28.6. The predicted octanol–water partition coefficient (Wildman–Crippen LogP) is 4.56. The molecular formula is C33H43N3O4S. The van der Waals surface area contributed by atoms with E-state index in [0.29, 0.717) is 19.6 Å². The van der Waals surface area contributed by atoms with E-state index in [1.165, 1.54) is 6.42 Å². The molecule has 41 heavy (non-hydrogen) atoms. The Labute approximate surface area is 248 Å². The number of fused-ring (bicyclic) bond motifs is 2. The first-order chi connectivity index (χ1) is 19.9. The van der Waals surface area contributed by atoms with Crippen LogP contribution in [0.25, 0.3) is 0 Å². The van der Waals surface area contributed by atoms with Gasteiger partial charge in [0.05, 0.1) is 16.6 Å². The van der Waals surface area contributed by atoms with Crippen LogP contribution in [0.3, 0.4) is 0 Å². The van der Waals surface area contributed by atoms with Crippen LogP contribution in [0.15, 0.2) is 54.6 Å². The van der Waals surface area contributed by atoms with Crippen LogP contribution < -0.4 is 4.90 Å². The number of thioether (sulfide) groups is 1. The van der Waals surface area contributed by atoms with E-state index in [1.807, 2.05) is 40.1 Å². The molecule has 2 saturated heterocycles. The van der Waals surface area contributed by atoms with Gasteiger partial charge in [-0.25, -0.2) is 0 Å². The Morgan fingerprint density at radius 3 is 2.34 bits per heavy atom. The number of para-hydroxylation sites is 1. The zero-order valence-corrected chi connectivity index (χ0v) is 24.9. The molecule has 3 amide bonds. The SMILES string of the molecule is C[C@]12C=CCN(c3ccccc3)C(=O)[C@H]1[C@H]1C(=O)N(CCCCCCO)C3C(=O)N(C4CCCCC4)CC=C[C@@]31S2. The maximum atomic E-state index is 14.6. The largest absolute Gasteiger partial charge is 0.396 e. The van der Waals surface area contributed by atoms with Crippen molar-refractivity contribution < 1.29 is 19.5 Å². The highest BCUT2D eigenvalue weighted by atomic mass is 32.2. The standard InChI is InChI=1S/C33H43N3O4S/c1-32-18-12-21-34(24-14-6-4-7-15-24)29(38)26(32)27-30(39)36(20-10-2-3-11-23-37)28-31(40)35(25-16-8-5-9-17-25)22-13-19-33(27,28)41-32/h4,6-7,12-15,18-19,25-28,37H,2-3,5,8-11,16-17,20-23H2,1H3/t26-,27+,28?,32+,33+/m1/s1. The van der Waals surface area contributed by atoms with Crippen LogP contribution in [0, 0.1) is 11.8 Å². The number of hydrogen-bond donors (Lipinski definition) is 1. The van der Waals surface area contributed by atoms with Gasteiger partial charge in [0.1, 0.15) is 6.04 Å². The molecule has 4 heterocycles. The monoisotopic (exact) mass is 577 g/mol. The number of aliphatic hydroxyl groups excluding tert-OH is 1. The first-order valence-corrected chi connectivity index (χ1v) is 16.4. The fraction of sp³-hybridized carbons (Fsp3) is 0.606. The second-order valence-corrected chi connectivity index (χ2v) is 14.3. The van der Waals surface area contributed by atoms with E-state index >= 15 is 0 Å². The maximum Gasteiger partial charge on any atom is 0.247 e. The van der Waals surface area contributed by atoms with Crippen LogP contribution in [0.2, 0.25) is 0 Å². The average Bonchev–Trinajstić information content (AvgIpc) is 3.24. The molecule has 1 saturated carbocycles. The number of amides is 3. The van der Waals surface area contributed by atoms with E-state index < -0.39 is 27.4 Å². The van der Waals surface area contributed by atoms with Crippen molar-refractivity contribution in [3.8, 4) is 0 Å². The molecule has 5 atom stereocenters. The molecular weight excluding hydrogens is 534 g/mol. The zero-order valence-electron chi connectivity index (χ0n) is 24.1. The molecule has 0 radical (unpaired) electrons. The number of hydrogen-bond acceptors (Lipinski definition) is 5. The number of benzene rings is 1. The van der Waals surface area contributed by atoms with Gasteiger partial charge in [-0.2, -0.15) is 0 Å². The lowest BCUT2D eigenvalue weighted by Crippen LogP contribution is -2.55. The number of rotatable bonds is 8. The second kappa shape index (κ2) is 11.6. The smallest absolute Gasteiger partial charge is 0.247 e. The summed E-state index contributed by atoms with van der Waals surface area (Å²) in [5.41, 5.74) is 0.830. The Bertz CT molecular complexity index is 1210.